The number of carbonyl (C=O) groups is 2. The van der Waals surface area contributed by atoms with E-state index < -0.39 is 0 Å². The zero-order chi connectivity index (χ0) is 20.2. The standard InChI is InChI=1S/C23H23N3O3/c1-15-5-7-16(8-6-15)20-14-24-22(29-20)12-11-21(27)25-18-3-2-4-19(13-18)26-23(28)17-9-10-17/h2-8,13-14,17H,9-12H2,1H3,(H,25,27)(H,26,28). The highest BCUT2D eigenvalue weighted by Gasteiger charge is 2.29. The summed E-state index contributed by atoms with van der Waals surface area (Å²) in [4.78, 5) is 28.4. The van der Waals surface area contributed by atoms with Crippen molar-refractivity contribution < 1.29 is 14.0 Å². The van der Waals surface area contributed by atoms with Crippen LogP contribution in [0.1, 0.15) is 30.7 Å². The zero-order valence-electron chi connectivity index (χ0n) is 16.3. The summed E-state index contributed by atoms with van der Waals surface area (Å²) in [5.74, 6) is 1.27. The van der Waals surface area contributed by atoms with Gasteiger partial charge in [-0.15, -0.1) is 0 Å². The molecule has 6 nitrogen and oxygen atoms in total. The van der Waals surface area contributed by atoms with Gasteiger partial charge in [0.25, 0.3) is 0 Å². The summed E-state index contributed by atoms with van der Waals surface area (Å²) in [7, 11) is 0. The van der Waals surface area contributed by atoms with Gasteiger partial charge in [-0.2, -0.15) is 0 Å². The predicted molar refractivity (Wildman–Crippen MR) is 111 cm³/mol. The Kier molecular flexibility index (Phi) is 5.42. The van der Waals surface area contributed by atoms with Crippen molar-refractivity contribution in [1.82, 2.24) is 4.98 Å². The molecule has 1 aromatic heterocycles. The van der Waals surface area contributed by atoms with E-state index in [2.05, 4.69) is 15.6 Å². The molecule has 0 atom stereocenters. The van der Waals surface area contributed by atoms with Crippen LogP contribution in [0.25, 0.3) is 11.3 Å². The largest absolute Gasteiger partial charge is 0.441 e. The quantitative estimate of drug-likeness (QED) is 0.620. The molecule has 2 aromatic carbocycles. The summed E-state index contributed by atoms with van der Waals surface area (Å²) in [5.41, 5.74) is 3.48. The molecule has 0 saturated heterocycles. The second-order valence-electron chi connectivity index (χ2n) is 7.38. The van der Waals surface area contributed by atoms with Gasteiger partial charge in [-0.3, -0.25) is 9.59 Å². The van der Waals surface area contributed by atoms with Gasteiger partial charge in [-0.25, -0.2) is 4.98 Å². The number of nitrogens with zero attached hydrogens (tertiary/aromatic N) is 1. The summed E-state index contributed by atoms with van der Waals surface area (Å²) < 4.78 is 5.76. The summed E-state index contributed by atoms with van der Waals surface area (Å²) >= 11 is 0. The molecule has 2 N–H and O–H groups in total. The lowest BCUT2D eigenvalue weighted by Crippen LogP contribution is -2.15. The third kappa shape index (κ3) is 5.10. The lowest BCUT2D eigenvalue weighted by Gasteiger charge is -2.08. The molecule has 0 aliphatic heterocycles. The van der Waals surface area contributed by atoms with E-state index in [1.807, 2.05) is 37.3 Å². The molecule has 1 aliphatic carbocycles. The minimum atomic E-state index is -0.134. The molecule has 3 aromatic rings. The highest BCUT2D eigenvalue weighted by molar-refractivity contribution is 5.95. The molecule has 148 valence electrons. The fourth-order valence-corrected chi connectivity index (χ4v) is 2.99. The Balaban J connectivity index is 1.30. The fraction of sp³-hybridized carbons (Fsp3) is 0.261. The SMILES string of the molecule is Cc1ccc(-c2cnc(CCC(=O)Nc3cccc(NC(=O)C4CC4)c3)o2)cc1. The molecule has 2 amide bonds. The molecule has 4 rings (SSSR count). The molecular weight excluding hydrogens is 366 g/mol. The Labute approximate surface area is 169 Å². The average molecular weight is 389 g/mol. The van der Waals surface area contributed by atoms with Crippen molar-refractivity contribution >= 4 is 23.2 Å². The maximum Gasteiger partial charge on any atom is 0.227 e. The molecule has 0 spiro atoms. The molecule has 6 heteroatoms. The molecular formula is C23H23N3O3. The Morgan fingerprint density at radius 3 is 2.52 bits per heavy atom. The van der Waals surface area contributed by atoms with Crippen molar-refractivity contribution in [3.63, 3.8) is 0 Å². The highest BCUT2D eigenvalue weighted by atomic mass is 16.4. The van der Waals surface area contributed by atoms with Crippen LogP contribution < -0.4 is 10.6 Å². The van der Waals surface area contributed by atoms with Crippen molar-refractivity contribution in [3.05, 3.63) is 66.2 Å². The van der Waals surface area contributed by atoms with E-state index in [4.69, 9.17) is 4.42 Å². The average Bonchev–Trinajstić information content (AvgIpc) is 3.46. The van der Waals surface area contributed by atoms with Gasteiger partial charge in [0, 0.05) is 35.7 Å². The highest BCUT2D eigenvalue weighted by Crippen LogP contribution is 2.30. The number of anilines is 2. The van der Waals surface area contributed by atoms with E-state index in [-0.39, 0.29) is 24.2 Å². The first-order chi connectivity index (χ1) is 14.1. The number of oxazole rings is 1. The smallest absolute Gasteiger partial charge is 0.227 e. The number of aryl methyl sites for hydroxylation is 2. The van der Waals surface area contributed by atoms with Gasteiger partial charge in [-0.1, -0.05) is 35.9 Å². The van der Waals surface area contributed by atoms with Crippen molar-refractivity contribution in [1.29, 1.82) is 0 Å². The first-order valence-corrected chi connectivity index (χ1v) is 9.79. The second kappa shape index (κ2) is 8.31. The molecule has 0 radical (unpaired) electrons. The van der Waals surface area contributed by atoms with Crippen LogP contribution in [0.5, 0.6) is 0 Å². The lowest BCUT2D eigenvalue weighted by atomic mass is 10.1. The van der Waals surface area contributed by atoms with Crippen molar-refractivity contribution in [2.24, 2.45) is 5.92 Å². The number of aromatic nitrogens is 1. The molecule has 1 saturated carbocycles. The first kappa shape index (κ1) is 18.9. The number of hydrogen-bond acceptors (Lipinski definition) is 4. The summed E-state index contributed by atoms with van der Waals surface area (Å²) in [5, 5.41) is 5.74. The van der Waals surface area contributed by atoms with Crippen LogP contribution in [0.15, 0.2) is 59.1 Å². The van der Waals surface area contributed by atoms with Gasteiger partial charge in [0.05, 0.1) is 6.20 Å². The monoisotopic (exact) mass is 389 g/mol. The molecule has 0 bridgehead atoms. The number of carbonyl (C=O) groups excluding carboxylic acids is 2. The molecule has 0 unspecified atom stereocenters. The van der Waals surface area contributed by atoms with Gasteiger partial charge in [0.2, 0.25) is 11.8 Å². The van der Waals surface area contributed by atoms with Crippen LogP contribution in [0.3, 0.4) is 0 Å². The van der Waals surface area contributed by atoms with Crippen LogP contribution in [0.4, 0.5) is 11.4 Å². The van der Waals surface area contributed by atoms with Crippen LogP contribution in [0, 0.1) is 12.8 Å². The molecule has 1 fully saturated rings. The minimum Gasteiger partial charge on any atom is -0.441 e. The van der Waals surface area contributed by atoms with Gasteiger partial charge in [-0.05, 0) is 38.0 Å². The summed E-state index contributed by atoms with van der Waals surface area (Å²) in [6.45, 7) is 2.03. The molecule has 1 aliphatic rings. The number of hydrogen-bond donors (Lipinski definition) is 2. The Bertz CT molecular complexity index is 1020. The van der Waals surface area contributed by atoms with Gasteiger partial charge in [0.1, 0.15) is 0 Å². The maximum absolute atomic E-state index is 12.3. The Morgan fingerprint density at radius 1 is 1.07 bits per heavy atom. The number of benzene rings is 2. The van der Waals surface area contributed by atoms with E-state index in [0.717, 1.165) is 18.4 Å². The maximum atomic E-state index is 12.3. The number of rotatable bonds is 7. The second-order valence-corrected chi connectivity index (χ2v) is 7.38. The zero-order valence-corrected chi connectivity index (χ0v) is 16.3. The minimum absolute atomic E-state index is 0.0433. The van der Waals surface area contributed by atoms with Crippen molar-refractivity contribution in [2.75, 3.05) is 10.6 Å². The van der Waals surface area contributed by atoms with Crippen LogP contribution in [0.2, 0.25) is 0 Å². The van der Waals surface area contributed by atoms with E-state index in [9.17, 15) is 9.59 Å². The fourth-order valence-electron chi connectivity index (χ4n) is 2.99. The van der Waals surface area contributed by atoms with E-state index in [0.29, 0.717) is 29.4 Å². The van der Waals surface area contributed by atoms with Gasteiger partial charge >= 0.3 is 0 Å². The molecule has 1 heterocycles. The van der Waals surface area contributed by atoms with E-state index >= 15 is 0 Å². The third-order valence-corrected chi connectivity index (χ3v) is 4.82. The van der Waals surface area contributed by atoms with Gasteiger partial charge < -0.3 is 15.1 Å². The summed E-state index contributed by atoms with van der Waals surface area (Å²) in [6, 6.07) is 15.2. The van der Waals surface area contributed by atoms with Crippen molar-refractivity contribution in [3.8, 4) is 11.3 Å². The van der Waals surface area contributed by atoms with Gasteiger partial charge in [0.15, 0.2) is 11.7 Å². The lowest BCUT2D eigenvalue weighted by molar-refractivity contribution is -0.117. The topological polar surface area (TPSA) is 84.2 Å². The van der Waals surface area contributed by atoms with Crippen LogP contribution >= 0.6 is 0 Å². The number of nitrogens with one attached hydrogen (secondary N) is 2. The summed E-state index contributed by atoms with van der Waals surface area (Å²) in [6.07, 6.45) is 4.26. The Hall–Kier alpha value is -3.41. The predicted octanol–water partition coefficient (Wildman–Crippen LogP) is 4.57. The van der Waals surface area contributed by atoms with E-state index in [1.165, 1.54) is 5.56 Å². The van der Waals surface area contributed by atoms with E-state index in [1.54, 1.807) is 24.4 Å². The molecule has 29 heavy (non-hydrogen) atoms. The normalized spacial score (nSPS) is 13.1. The van der Waals surface area contributed by atoms with Crippen molar-refractivity contribution in [2.45, 2.75) is 32.6 Å². The van der Waals surface area contributed by atoms with Crippen LogP contribution in [-0.4, -0.2) is 16.8 Å². The Morgan fingerprint density at radius 2 is 1.79 bits per heavy atom. The van der Waals surface area contributed by atoms with Crippen LogP contribution in [-0.2, 0) is 16.0 Å². The number of amides is 2. The third-order valence-electron chi connectivity index (χ3n) is 4.82. The first-order valence-electron chi connectivity index (χ1n) is 9.79.